The van der Waals surface area contributed by atoms with Gasteiger partial charge in [-0.1, -0.05) is 77.0 Å². The number of carboxylic acid groups (broad SMARTS) is 3. The van der Waals surface area contributed by atoms with Crippen molar-refractivity contribution in [3.8, 4) is 0 Å². The van der Waals surface area contributed by atoms with Gasteiger partial charge in [0, 0.05) is 71.6 Å². The first-order valence-corrected chi connectivity index (χ1v) is 23.0. The van der Waals surface area contributed by atoms with Crippen LogP contribution in [0.5, 0.6) is 0 Å². The fourth-order valence-electron chi connectivity index (χ4n) is 6.35. The highest BCUT2D eigenvalue weighted by molar-refractivity contribution is 7.90. The summed E-state index contributed by atoms with van der Waals surface area (Å²) in [6, 6.07) is -1.32. The van der Waals surface area contributed by atoms with E-state index in [2.05, 4.69) is 15.4 Å². The van der Waals surface area contributed by atoms with Gasteiger partial charge in [-0.2, -0.15) is 0 Å². The fourth-order valence-corrected chi connectivity index (χ4v) is 7.42. The van der Waals surface area contributed by atoms with E-state index in [0.29, 0.717) is 19.4 Å². The van der Waals surface area contributed by atoms with Gasteiger partial charge in [-0.05, 0) is 44.9 Å². The number of carbonyl (C=O) groups is 8. The molecule has 0 aromatic carbocycles. The molecule has 2 unspecified atom stereocenters. The van der Waals surface area contributed by atoms with E-state index in [9.17, 15) is 57.0 Å². The molecule has 0 aliphatic heterocycles. The van der Waals surface area contributed by atoms with Gasteiger partial charge in [0.25, 0.3) is 0 Å². The fraction of sp³-hybridized carbons (Fsp3) is 0.805. The quantitative estimate of drug-likeness (QED) is 0.0430. The largest absolute Gasteiger partial charge is 0.481 e. The molecule has 0 aromatic rings. The summed E-state index contributed by atoms with van der Waals surface area (Å²) in [5.74, 6) is -7.23. The van der Waals surface area contributed by atoms with E-state index in [-0.39, 0.29) is 89.4 Å². The van der Waals surface area contributed by atoms with E-state index in [1.807, 2.05) is 0 Å². The van der Waals surface area contributed by atoms with E-state index in [1.165, 1.54) is 39.2 Å². The number of hydrogen-bond acceptors (Lipinski definition) is 11. The summed E-state index contributed by atoms with van der Waals surface area (Å²) in [7, 11) is -2.40. The first kappa shape index (κ1) is 55.1. The second kappa shape index (κ2) is 34.9. The summed E-state index contributed by atoms with van der Waals surface area (Å²) in [6.07, 6.45) is 14.5. The summed E-state index contributed by atoms with van der Waals surface area (Å²) in [5, 5.41) is 32.5. The van der Waals surface area contributed by atoms with E-state index in [4.69, 9.17) is 9.84 Å². The summed E-state index contributed by atoms with van der Waals surface area (Å²) in [5.41, 5.74) is 0. The van der Waals surface area contributed by atoms with Crippen LogP contribution in [0.1, 0.15) is 173 Å². The van der Waals surface area contributed by atoms with Crippen molar-refractivity contribution in [2.24, 2.45) is 5.92 Å². The van der Waals surface area contributed by atoms with Crippen LogP contribution in [0.2, 0.25) is 0 Å². The molecule has 0 fully saturated rings. The number of hydrogen-bond donors (Lipinski definition) is 6. The Morgan fingerprint density at radius 1 is 0.525 bits per heavy atom. The summed E-state index contributed by atoms with van der Waals surface area (Å²) in [6.45, 7) is 0.488. The Morgan fingerprint density at radius 3 is 1.58 bits per heavy atom. The van der Waals surface area contributed by atoms with Gasteiger partial charge in [0.2, 0.25) is 27.7 Å². The van der Waals surface area contributed by atoms with E-state index >= 15 is 0 Å². The molecule has 0 rings (SSSR count). The normalized spacial score (nSPS) is 12.3. The molecule has 0 aromatic heterocycles. The van der Waals surface area contributed by atoms with Crippen LogP contribution < -0.4 is 15.4 Å². The molecule has 0 aliphatic rings. The average molecular weight is 862 g/mol. The summed E-state index contributed by atoms with van der Waals surface area (Å²) < 4.78 is 31.5. The Morgan fingerprint density at radius 2 is 1.05 bits per heavy atom. The molecule has 0 bridgehead atoms. The highest BCUT2D eigenvalue weighted by atomic mass is 32.2. The van der Waals surface area contributed by atoms with Crippen molar-refractivity contribution in [2.45, 2.75) is 179 Å². The Balaban J connectivity index is 4.09. The van der Waals surface area contributed by atoms with Crippen molar-refractivity contribution in [3.63, 3.8) is 0 Å². The number of rotatable bonds is 41. The Bertz CT molecular complexity index is 1390. The number of sulfonamides is 1. The first-order chi connectivity index (χ1) is 28.1. The van der Waals surface area contributed by atoms with Gasteiger partial charge in [0.15, 0.2) is 0 Å². The zero-order valence-corrected chi connectivity index (χ0v) is 35.9. The van der Waals surface area contributed by atoms with Crippen LogP contribution in [-0.2, 0) is 53.1 Å². The zero-order chi connectivity index (χ0) is 44.3. The highest BCUT2D eigenvalue weighted by Gasteiger charge is 2.25. The lowest BCUT2D eigenvalue weighted by Gasteiger charge is -2.16. The molecule has 3 amide bonds. The number of Topliss-reactive ketones (excluding diaryl/α,β-unsaturated/α-hetero) is 2. The van der Waals surface area contributed by atoms with Crippen LogP contribution in [0.25, 0.3) is 0 Å². The number of ketones is 2. The van der Waals surface area contributed by atoms with E-state index < -0.39 is 69.1 Å². The Hall–Kier alpha value is -3.93. The standard InChI is InChI=1S/C41H71N3O14S/c1-58-29-17-20-33(45)25-26-35(41(54)55)43-37(48)27-24-32(40(52)53)31-34(46)19-16-28-42-36(47)22-18-30-59(56,57)44-38(49)21-14-12-10-8-6-4-2-3-5-7-9-11-13-15-23-39(50)51/h32,35H,2-31H2,1H3,(H,42,47)(H,43,48)(H,44,49)(H,50,51)(H,52,53)(H,54,55). The lowest BCUT2D eigenvalue weighted by Crippen LogP contribution is -2.41. The van der Waals surface area contributed by atoms with Gasteiger partial charge in [-0.25, -0.2) is 13.2 Å². The molecular formula is C41H71N3O14S. The Labute approximate surface area is 350 Å². The number of unbranched alkanes of at least 4 members (excludes halogenated alkanes) is 13. The predicted octanol–water partition coefficient (Wildman–Crippen LogP) is 5.22. The van der Waals surface area contributed by atoms with Crippen LogP contribution in [0, 0.1) is 5.92 Å². The van der Waals surface area contributed by atoms with Gasteiger partial charge in [-0.15, -0.1) is 0 Å². The second-order valence-corrected chi connectivity index (χ2v) is 17.0. The van der Waals surface area contributed by atoms with Crippen molar-refractivity contribution in [1.82, 2.24) is 15.4 Å². The lowest BCUT2D eigenvalue weighted by molar-refractivity contribution is -0.145. The zero-order valence-electron chi connectivity index (χ0n) is 35.1. The van der Waals surface area contributed by atoms with Gasteiger partial charge in [-0.3, -0.25) is 38.3 Å². The van der Waals surface area contributed by atoms with Crippen LogP contribution in [0.3, 0.4) is 0 Å². The third-order valence-electron chi connectivity index (χ3n) is 9.78. The molecule has 0 radical (unpaired) electrons. The summed E-state index contributed by atoms with van der Waals surface area (Å²) in [4.78, 5) is 94.8. The maximum atomic E-state index is 12.4. The third kappa shape index (κ3) is 34.6. The molecule has 0 heterocycles. The topological polar surface area (TPSA) is 277 Å². The van der Waals surface area contributed by atoms with Crippen molar-refractivity contribution in [1.29, 1.82) is 0 Å². The minimum absolute atomic E-state index is 0.0178. The Kier molecular flexibility index (Phi) is 32.6. The van der Waals surface area contributed by atoms with Crippen LogP contribution in [-0.4, -0.2) is 103 Å². The molecule has 2 atom stereocenters. The van der Waals surface area contributed by atoms with Crippen molar-refractivity contribution < 1.29 is 66.8 Å². The lowest BCUT2D eigenvalue weighted by atomic mass is 9.95. The number of carboxylic acids is 3. The number of methoxy groups -OCH3 is 1. The van der Waals surface area contributed by atoms with Gasteiger partial charge < -0.3 is 30.7 Å². The molecule has 0 saturated carbocycles. The monoisotopic (exact) mass is 861 g/mol. The van der Waals surface area contributed by atoms with Crippen molar-refractivity contribution in [3.05, 3.63) is 0 Å². The van der Waals surface area contributed by atoms with Crippen molar-refractivity contribution in [2.75, 3.05) is 26.0 Å². The first-order valence-electron chi connectivity index (χ1n) is 21.3. The number of ether oxygens (including phenoxy) is 1. The van der Waals surface area contributed by atoms with Gasteiger partial charge in [0.05, 0.1) is 11.7 Å². The number of nitrogens with one attached hydrogen (secondary N) is 3. The maximum Gasteiger partial charge on any atom is 0.326 e. The number of aliphatic carboxylic acids is 3. The molecule has 340 valence electrons. The van der Waals surface area contributed by atoms with Crippen molar-refractivity contribution >= 4 is 57.2 Å². The average Bonchev–Trinajstić information content (AvgIpc) is 3.15. The number of carbonyl (C=O) groups excluding carboxylic acids is 5. The van der Waals surface area contributed by atoms with E-state index in [1.54, 1.807) is 0 Å². The minimum atomic E-state index is -3.90. The second-order valence-electron chi connectivity index (χ2n) is 15.2. The SMILES string of the molecule is COCCCC(=O)CCC(NC(=O)CCC(CC(=O)CCCNC(=O)CCCS(=O)(=O)NC(=O)CCCCCCCCCCCCCCCCC(=O)O)C(=O)O)C(=O)O. The van der Waals surface area contributed by atoms with E-state index in [0.717, 1.165) is 51.4 Å². The maximum absolute atomic E-state index is 12.4. The number of amides is 3. The van der Waals surface area contributed by atoms with Gasteiger partial charge >= 0.3 is 17.9 Å². The minimum Gasteiger partial charge on any atom is -0.481 e. The third-order valence-corrected chi connectivity index (χ3v) is 11.1. The van der Waals surface area contributed by atoms with Crippen LogP contribution in [0.15, 0.2) is 0 Å². The molecule has 6 N–H and O–H groups in total. The molecule has 0 aliphatic carbocycles. The molecular weight excluding hydrogens is 791 g/mol. The highest BCUT2D eigenvalue weighted by Crippen LogP contribution is 2.16. The molecule has 59 heavy (non-hydrogen) atoms. The summed E-state index contributed by atoms with van der Waals surface area (Å²) >= 11 is 0. The molecule has 17 nitrogen and oxygen atoms in total. The smallest absolute Gasteiger partial charge is 0.326 e. The molecule has 0 spiro atoms. The van der Waals surface area contributed by atoms with Crippen LogP contribution >= 0.6 is 0 Å². The van der Waals surface area contributed by atoms with Gasteiger partial charge in [0.1, 0.15) is 17.6 Å². The predicted molar refractivity (Wildman–Crippen MR) is 220 cm³/mol. The molecule has 18 heteroatoms. The van der Waals surface area contributed by atoms with Crippen LogP contribution in [0.4, 0.5) is 0 Å². The molecule has 0 saturated heterocycles.